The van der Waals surface area contributed by atoms with Crippen LogP contribution in [0.1, 0.15) is 19.4 Å². The molecule has 0 unspecified atom stereocenters. The zero-order chi connectivity index (χ0) is 9.26. The molecule has 0 bridgehead atoms. The molecule has 2 rings (SSSR count). The quantitative estimate of drug-likeness (QED) is 0.677. The molecule has 0 atom stereocenters. The molecule has 0 spiro atoms. The van der Waals surface area contributed by atoms with Gasteiger partial charge in [0.05, 0.1) is 12.5 Å². The Bertz CT molecular complexity index is 398. The second-order valence-electron chi connectivity index (χ2n) is 3.93. The Hall–Kier alpha value is -1.24. The molecule has 0 amide bonds. The molecule has 0 saturated heterocycles. The summed E-state index contributed by atoms with van der Waals surface area (Å²) in [7, 11) is 0. The highest BCUT2D eigenvalue weighted by Crippen LogP contribution is 2.18. The largest absolute Gasteiger partial charge is 0.471 e. The highest BCUT2D eigenvalue weighted by atomic mass is 16.3. The van der Waals surface area contributed by atoms with Gasteiger partial charge in [-0.3, -0.25) is 0 Å². The van der Waals surface area contributed by atoms with Gasteiger partial charge in [-0.1, -0.05) is 26.0 Å². The highest BCUT2D eigenvalue weighted by molar-refractivity contribution is 5.81. The first-order valence-electron chi connectivity index (χ1n) is 4.70. The third-order valence-corrected chi connectivity index (χ3v) is 2.19. The first-order chi connectivity index (χ1) is 6.25. The van der Waals surface area contributed by atoms with Crippen molar-refractivity contribution in [3.8, 4) is 0 Å². The number of benzene rings is 1. The van der Waals surface area contributed by atoms with Crippen LogP contribution in [0.3, 0.4) is 0 Å². The lowest BCUT2D eigenvalue weighted by Gasteiger charge is -2.03. The van der Waals surface area contributed by atoms with E-state index in [-0.39, 0.29) is 0 Å². The average molecular weight is 174 g/mol. The van der Waals surface area contributed by atoms with Crippen LogP contribution in [-0.2, 0) is 6.42 Å². The third-order valence-electron chi connectivity index (χ3n) is 2.19. The Kier molecular flexibility index (Phi) is 2.09. The molecule has 0 radical (unpaired) electrons. The van der Waals surface area contributed by atoms with Crippen LogP contribution in [-0.4, -0.2) is 0 Å². The second-order valence-corrected chi connectivity index (χ2v) is 3.93. The van der Waals surface area contributed by atoms with E-state index in [0.29, 0.717) is 5.92 Å². The summed E-state index contributed by atoms with van der Waals surface area (Å²) in [4.78, 5) is 0. The molecule has 0 fully saturated rings. The van der Waals surface area contributed by atoms with Gasteiger partial charge in [-0.2, -0.15) is 0 Å². The monoisotopic (exact) mass is 174 g/mol. The fraction of sp³-hybridized carbons (Fsp3) is 0.333. The molecular weight excluding hydrogens is 160 g/mol. The smallest absolute Gasteiger partial charge is 0.0981 e. The van der Waals surface area contributed by atoms with Crippen LogP contribution in [0.25, 0.3) is 10.8 Å². The molecule has 0 aliphatic heterocycles. The molecule has 1 aromatic carbocycles. The van der Waals surface area contributed by atoms with Crippen LogP contribution in [0, 0.1) is 5.92 Å². The number of rotatable bonds is 2. The number of hydrogen-bond acceptors (Lipinski definition) is 1. The molecule has 1 heterocycles. The Labute approximate surface area is 78.4 Å². The van der Waals surface area contributed by atoms with Crippen LogP contribution < -0.4 is 0 Å². The van der Waals surface area contributed by atoms with E-state index in [1.165, 1.54) is 16.3 Å². The van der Waals surface area contributed by atoms with Gasteiger partial charge in [0.2, 0.25) is 0 Å². The summed E-state index contributed by atoms with van der Waals surface area (Å²) >= 11 is 0. The van der Waals surface area contributed by atoms with E-state index in [2.05, 4.69) is 32.0 Å². The van der Waals surface area contributed by atoms with E-state index in [9.17, 15) is 0 Å². The van der Waals surface area contributed by atoms with Gasteiger partial charge >= 0.3 is 0 Å². The fourth-order valence-corrected chi connectivity index (χ4v) is 1.61. The molecule has 2 aromatic rings. The molecule has 0 saturated carbocycles. The first-order valence-corrected chi connectivity index (χ1v) is 4.70. The molecule has 1 heteroatoms. The van der Waals surface area contributed by atoms with Gasteiger partial charge < -0.3 is 4.42 Å². The van der Waals surface area contributed by atoms with Gasteiger partial charge in [-0.05, 0) is 24.0 Å². The van der Waals surface area contributed by atoms with Gasteiger partial charge in [-0.15, -0.1) is 0 Å². The van der Waals surface area contributed by atoms with Crippen molar-refractivity contribution in [2.45, 2.75) is 20.3 Å². The van der Waals surface area contributed by atoms with Crippen molar-refractivity contribution in [3.63, 3.8) is 0 Å². The maximum atomic E-state index is 5.12. The van der Waals surface area contributed by atoms with Crippen molar-refractivity contribution in [1.82, 2.24) is 0 Å². The summed E-state index contributed by atoms with van der Waals surface area (Å²) in [5.74, 6) is 0.712. The Morgan fingerprint density at radius 2 is 1.92 bits per heavy atom. The first kappa shape index (κ1) is 8.36. The third kappa shape index (κ3) is 1.74. The maximum Gasteiger partial charge on any atom is 0.0981 e. The lowest BCUT2D eigenvalue weighted by Crippen LogP contribution is -1.92. The summed E-state index contributed by atoms with van der Waals surface area (Å²) in [6.45, 7) is 4.47. The molecule has 1 aromatic heterocycles. The molecular formula is C12H14O. The van der Waals surface area contributed by atoms with Gasteiger partial charge in [0.1, 0.15) is 0 Å². The van der Waals surface area contributed by atoms with Crippen molar-refractivity contribution in [3.05, 3.63) is 36.3 Å². The van der Waals surface area contributed by atoms with Crippen molar-refractivity contribution >= 4 is 10.8 Å². The number of hydrogen-bond donors (Lipinski definition) is 0. The minimum Gasteiger partial charge on any atom is -0.471 e. The predicted molar refractivity (Wildman–Crippen MR) is 54.8 cm³/mol. The zero-order valence-electron chi connectivity index (χ0n) is 8.08. The minimum atomic E-state index is 0.712. The zero-order valence-corrected chi connectivity index (χ0v) is 8.08. The van der Waals surface area contributed by atoms with Crippen LogP contribution in [0.5, 0.6) is 0 Å². The standard InChI is InChI=1S/C12H14O/c1-9(2)5-10-3-4-11-7-13-8-12(11)6-10/h3-4,6-9H,5H2,1-2H3. The van der Waals surface area contributed by atoms with E-state index in [1.807, 2.05) is 0 Å². The normalized spacial score (nSPS) is 11.3. The Balaban J connectivity index is 2.37. The van der Waals surface area contributed by atoms with E-state index in [1.54, 1.807) is 12.5 Å². The van der Waals surface area contributed by atoms with Crippen LogP contribution in [0.4, 0.5) is 0 Å². The van der Waals surface area contributed by atoms with Crippen molar-refractivity contribution < 1.29 is 4.42 Å². The van der Waals surface area contributed by atoms with Gasteiger partial charge in [-0.25, -0.2) is 0 Å². The van der Waals surface area contributed by atoms with Crippen molar-refractivity contribution in [2.24, 2.45) is 5.92 Å². The fourth-order valence-electron chi connectivity index (χ4n) is 1.61. The van der Waals surface area contributed by atoms with Gasteiger partial charge in [0, 0.05) is 10.8 Å². The summed E-state index contributed by atoms with van der Waals surface area (Å²) < 4.78 is 5.12. The lowest BCUT2D eigenvalue weighted by molar-refractivity contribution is 0.572. The van der Waals surface area contributed by atoms with Crippen LogP contribution in [0.15, 0.2) is 35.1 Å². The van der Waals surface area contributed by atoms with Crippen molar-refractivity contribution in [2.75, 3.05) is 0 Å². The molecule has 1 nitrogen and oxygen atoms in total. The van der Waals surface area contributed by atoms with E-state index in [4.69, 9.17) is 4.42 Å². The lowest BCUT2D eigenvalue weighted by atomic mass is 10.0. The van der Waals surface area contributed by atoms with E-state index < -0.39 is 0 Å². The summed E-state index contributed by atoms with van der Waals surface area (Å²) in [6, 6.07) is 6.51. The predicted octanol–water partition coefficient (Wildman–Crippen LogP) is 3.63. The molecule has 0 aliphatic carbocycles. The van der Waals surface area contributed by atoms with Crippen molar-refractivity contribution in [1.29, 1.82) is 0 Å². The van der Waals surface area contributed by atoms with Gasteiger partial charge in [0.25, 0.3) is 0 Å². The van der Waals surface area contributed by atoms with Gasteiger partial charge in [0.15, 0.2) is 0 Å². The minimum absolute atomic E-state index is 0.712. The SMILES string of the molecule is CC(C)Cc1ccc2cocc2c1. The molecule has 68 valence electrons. The van der Waals surface area contributed by atoms with Crippen LogP contribution >= 0.6 is 0 Å². The summed E-state index contributed by atoms with van der Waals surface area (Å²) in [5, 5.41) is 2.39. The Morgan fingerprint density at radius 3 is 2.69 bits per heavy atom. The topological polar surface area (TPSA) is 13.1 Å². The average Bonchev–Trinajstić information content (AvgIpc) is 2.49. The van der Waals surface area contributed by atoms with E-state index >= 15 is 0 Å². The summed E-state index contributed by atoms with van der Waals surface area (Å²) in [5.41, 5.74) is 1.39. The highest BCUT2D eigenvalue weighted by Gasteiger charge is 2.00. The number of fused-ring (bicyclic) bond motifs is 1. The molecule has 0 aliphatic rings. The Morgan fingerprint density at radius 1 is 1.15 bits per heavy atom. The van der Waals surface area contributed by atoms with Crippen LogP contribution in [0.2, 0.25) is 0 Å². The molecule has 13 heavy (non-hydrogen) atoms. The van der Waals surface area contributed by atoms with E-state index in [0.717, 1.165) is 6.42 Å². The second kappa shape index (κ2) is 3.25. The molecule has 0 N–H and O–H groups in total. The summed E-state index contributed by atoms with van der Waals surface area (Å²) in [6.07, 6.45) is 4.73. The number of furan rings is 1. The maximum absolute atomic E-state index is 5.12.